The zero-order valence-corrected chi connectivity index (χ0v) is 11.4. The Balaban J connectivity index is 3.24. The van der Waals surface area contributed by atoms with Crippen LogP contribution in [0.15, 0.2) is 23.1 Å². The van der Waals surface area contributed by atoms with Crippen molar-refractivity contribution in [1.29, 1.82) is 0 Å². The highest BCUT2D eigenvalue weighted by Crippen LogP contribution is 2.35. The largest absolute Gasteiger partial charge is 0.548 e. The SMILES string of the molecule is C[C@@H](NS(=O)(=O)c1ccc(Cl)c(C(F)(F)F)c1)C(=O)[O-]. The maximum Gasteiger partial charge on any atom is 0.417 e. The lowest BCUT2D eigenvalue weighted by Gasteiger charge is -2.16. The van der Waals surface area contributed by atoms with Gasteiger partial charge in [0.2, 0.25) is 10.0 Å². The first-order valence-electron chi connectivity index (χ1n) is 5.05. The minimum absolute atomic E-state index is 0.326. The molecule has 0 aliphatic heterocycles. The van der Waals surface area contributed by atoms with E-state index in [-0.39, 0.29) is 0 Å². The molecule has 0 spiro atoms. The quantitative estimate of drug-likeness (QED) is 0.883. The summed E-state index contributed by atoms with van der Waals surface area (Å²) in [5.74, 6) is -1.71. The van der Waals surface area contributed by atoms with Gasteiger partial charge in [0.1, 0.15) is 0 Å². The number of halogens is 4. The molecule has 0 radical (unpaired) electrons. The minimum Gasteiger partial charge on any atom is -0.548 e. The summed E-state index contributed by atoms with van der Waals surface area (Å²) >= 11 is 5.35. The van der Waals surface area contributed by atoms with Gasteiger partial charge in [-0.05, 0) is 25.1 Å². The van der Waals surface area contributed by atoms with E-state index in [1.807, 2.05) is 0 Å². The number of nitrogens with one attached hydrogen (secondary N) is 1. The summed E-state index contributed by atoms with van der Waals surface area (Å²) in [6.07, 6.45) is -4.83. The van der Waals surface area contributed by atoms with Crippen molar-refractivity contribution < 1.29 is 31.5 Å². The van der Waals surface area contributed by atoms with Crippen LogP contribution < -0.4 is 9.83 Å². The van der Waals surface area contributed by atoms with E-state index in [9.17, 15) is 31.5 Å². The number of carbonyl (C=O) groups is 1. The third-order valence-electron chi connectivity index (χ3n) is 2.24. The van der Waals surface area contributed by atoms with E-state index < -0.39 is 43.7 Å². The first-order chi connectivity index (χ1) is 8.95. The Morgan fingerprint density at radius 2 is 1.95 bits per heavy atom. The zero-order valence-electron chi connectivity index (χ0n) is 9.86. The molecule has 0 saturated heterocycles. The van der Waals surface area contributed by atoms with Crippen LogP contribution in [0.1, 0.15) is 12.5 Å². The van der Waals surface area contributed by atoms with Gasteiger partial charge in [0.05, 0.1) is 27.5 Å². The predicted molar refractivity (Wildman–Crippen MR) is 61.2 cm³/mol. The van der Waals surface area contributed by atoms with E-state index >= 15 is 0 Å². The Bertz CT molecular complexity index is 630. The van der Waals surface area contributed by atoms with Crippen molar-refractivity contribution in [2.75, 3.05) is 0 Å². The number of carbonyl (C=O) groups excluding carboxylic acids is 1. The molecule has 0 aliphatic carbocycles. The summed E-state index contributed by atoms with van der Waals surface area (Å²) < 4.78 is 62.9. The van der Waals surface area contributed by atoms with Crippen LogP contribution in [0.5, 0.6) is 0 Å². The zero-order chi connectivity index (χ0) is 15.7. The molecule has 1 N–H and O–H groups in total. The first-order valence-corrected chi connectivity index (χ1v) is 6.91. The Morgan fingerprint density at radius 1 is 1.40 bits per heavy atom. The number of alkyl halides is 3. The highest BCUT2D eigenvalue weighted by atomic mass is 35.5. The van der Waals surface area contributed by atoms with E-state index in [0.717, 1.165) is 19.1 Å². The van der Waals surface area contributed by atoms with Gasteiger partial charge in [0.15, 0.2) is 0 Å². The van der Waals surface area contributed by atoms with Crippen LogP contribution in [0, 0.1) is 0 Å². The fraction of sp³-hybridized carbons (Fsp3) is 0.300. The van der Waals surface area contributed by atoms with Gasteiger partial charge in [-0.25, -0.2) is 13.1 Å². The Kier molecular flexibility index (Phi) is 4.67. The molecule has 0 amide bonds. The summed E-state index contributed by atoms with van der Waals surface area (Å²) in [5.41, 5.74) is -1.33. The molecule has 1 aromatic carbocycles. The lowest BCUT2D eigenvalue weighted by atomic mass is 10.2. The van der Waals surface area contributed by atoms with E-state index in [0.29, 0.717) is 6.07 Å². The predicted octanol–water partition coefficient (Wildman–Crippen LogP) is 0.775. The Morgan fingerprint density at radius 3 is 2.40 bits per heavy atom. The molecule has 10 heteroatoms. The number of hydrogen-bond donors (Lipinski definition) is 1. The monoisotopic (exact) mass is 330 g/mol. The van der Waals surface area contributed by atoms with Crippen molar-refractivity contribution in [3.8, 4) is 0 Å². The van der Waals surface area contributed by atoms with E-state index in [1.165, 1.54) is 0 Å². The number of rotatable bonds is 4. The molecule has 112 valence electrons. The number of benzene rings is 1. The molecule has 1 atom stereocenters. The molecule has 20 heavy (non-hydrogen) atoms. The summed E-state index contributed by atoms with van der Waals surface area (Å²) in [6, 6.07) is 0.335. The van der Waals surface area contributed by atoms with Crippen LogP contribution in [0.25, 0.3) is 0 Å². The third kappa shape index (κ3) is 3.84. The normalized spacial score (nSPS) is 14.1. The maximum atomic E-state index is 12.6. The number of hydrogen-bond acceptors (Lipinski definition) is 4. The summed E-state index contributed by atoms with van der Waals surface area (Å²) in [6.45, 7) is 0.980. The minimum atomic E-state index is -4.83. The first kappa shape index (κ1) is 16.7. The summed E-state index contributed by atoms with van der Waals surface area (Å²) in [4.78, 5) is 9.70. The maximum absolute atomic E-state index is 12.6. The van der Waals surface area contributed by atoms with Crippen molar-refractivity contribution in [2.45, 2.75) is 24.0 Å². The van der Waals surface area contributed by atoms with Gasteiger partial charge in [0.25, 0.3) is 0 Å². The molecule has 0 saturated carbocycles. The van der Waals surface area contributed by atoms with Crippen LogP contribution in [0.2, 0.25) is 5.02 Å². The Labute approximate surface area is 117 Å². The second kappa shape index (κ2) is 5.58. The molecule has 1 rings (SSSR count). The molecule has 0 fully saturated rings. The van der Waals surface area contributed by atoms with Crippen molar-refractivity contribution >= 4 is 27.6 Å². The number of carboxylic acid groups (broad SMARTS) is 1. The topological polar surface area (TPSA) is 86.3 Å². The molecular weight excluding hydrogens is 323 g/mol. The van der Waals surface area contributed by atoms with Crippen molar-refractivity contribution in [1.82, 2.24) is 4.72 Å². The van der Waals surface area contributed by atoms with Gasteiger partial charge < -0.3 is 9.90 Å². The summed E-state index contributed by atoms with van der Waals surface area (Å²) in [5, 5.41) is 9.79. The second-order valence-electron chi connectivity index (χ2n) is 3.80. The van der Waals surface area contributed by atoms with E-state index in [2.05, 4.69) is 0 Å². The van der Waals surface area contributed by atoms with Crippen LogP contribution in [0.3, 0.4) is 0 Å². The molecule has 0 heterocycles. The van der Waals surface area contributed by atoms with Crippen molar-refractivity contribution in [3.63, 3.8) is 0 Å². The fourth-order valence-electron chi connectivity index (χ4n) is 1.24. The van der Waals surface area contributed by atoms with Crippen LogP contribution in [0.4, 0.5) is 13.2 Å². The Hall–Kier alpha value is -1.32. The number of sulfonamides is 1. The molecular formula is C10H8ClF3NO4S-. The van der Waals surface area contributed by atoms with Gasteiger partial charge in [-0.2, -0.15) is 13.2 Å². The lowest BCUT2D eigenvalue weighted by molar-refractivity contribution is -0.307. The second-order valence-corrected chi connectivity index (χ2v) is 5.92. The van der Waals surface area contributed by atoms with Crippen molar-refractivity contribution in [3.05, 3.63) is 28.8 Å². The van der Waals surface area contributed by atoms with E-state index in [1.54, 1.807) is 4.72 Å². The average Bonchev–Trinajstić information content (AvgIpc) is 2.26. The molecule has 0 bridgehead atoms. The highest BCUT2D eigenvalue weighted by Gasteiger charge is 2.34. The molecule has 0 unspecified atom stereocenters. The van der Waals surface area contributed by atoms with Crippen LogP contribution in [-0.4, -0.2) is 20.4 Å². The number of aliphatic carboxylic acids is 1. The molecule has 1 aromatic rings. The van der Waals surface area contributed by atoms with Crippen molar-refractivity contribution in [2.24, 2.45) is 0 Å². The fourth-order valence-corrected chi connectivity index (χ4v) is 2.68. The number of carboxylic acids is 1. The van der Waals surface area contributed by atoms with Gasteiger partial charge in [-0.1, -0.05) is 11.6 Å². The average molecular weight is 331 g/mol. The van der Waals surface area contributed by atoms with E-state index in [4.69, 9.17) is 11.6 Å². The van der Waals surface area contributed by atoms with Gasteiger partial charge in [-0.3, -0.25) is 0 Å². The van der Waals surface area contributed by atoms with Crippen LogP contribution in [-0.2, 0) is 21.0 Å². The summed E-state index contributed by atoms with van der Waals surface area (Å²) in [7, 11) is -4.43. The smallest absolute Gasteiger partial charge is 0.417 e. The van der Waals surface area contributed by atoms with Gasteiger partial charge >= 0.3 is 6.18 Å². The van der Waals surface area contributed by atoms with Gasteiger partial charge in [0, 0.05) is 0 Å². The van der Waals surface area contributed by atoms with Crippen LogP contribution >= 0.6 is 11.6 Å². The third-order valence-corrected chi connectivity index (χ3v) is 4.11. The highest BCUT2D eigenvalue weighted by molar-refractivity contribution is 7.89. The molecule has 0 aromatic heterocycles. The standard InChI is InChI=1S/C10H9ClF3NO4S/c1-5(9(16)17)15-20(18,19)6-2-3-8(11)7(4-6)10(12,13)14/h2-5,15H,1H3,(H,16,17)/p-1/t5-/m1/s1. The molecule has 0 aliphatic rings. The lowest BCUT2D eigenvalue weighted by Crippen LogP contribution is -2.45. The molecule has 5 nitrogen and oxygen atoms in total. The van der Waals surface area contributed by atoms with Gasteiger partial charge in [-0.15, -0.1) is 0 Å².